The van der Waals surface area contributed by atoms with Crippen molar-refractivity contribution in [1.82, 2.24) is 10.2 Å². The maximum Gasteiger partial charge on any atom is 0.255 e. The van der Waals surface area contributed by atoms with E-state index in [-0.39, 0.29) is 5.91 Å². The molecule has 3 aromatic carbocycles. The third-order valence-corrected chi connectivity index (χ3v) is 4.30. The van der Waals surface area contributed by atoms with E-state index >= 15 is 0 Å². The largest absolute Gasteiger partial charge is 0.489 e. The Bertz CT molecular complexity index is 1160. The minimum Gasteiger partial charge on any atom is -0.489 e. The molecule has 4 aromatic rings. The molecule has 0 aliphatic heterocycles. The van der Waals surface area contributed by atoms with E-state index in [1.54, 1.807) is 42.6 Å². The Morgan fingerprint density at radius 3 is 2.61 bits per heavy atom. The van der Waals surface area contributed by atoms with Crippen LogP contribution < -0.4 is 10.1 Å². The number of rotatable bonds is 5. The number of benzene rings is 3. The van der Waals surface area contributed by atoms with Gasteiger partial charge in [0.1, 0.15) is 12.4 Å². The zero-order chi connectivity index (χ0) is 19.3. The summed E-state index contributed by atoms with van der Waals surface area (Å²) < 4.78 is 5.73. The van der Waals surface area contributed by atoms with Crippen LogP contribution in [0.1, 0.15) is 21.5 Å². The standard InChI is InChI=1S/C22H16N4O2/c23-12-15-1-3-16(4-2-15)14-28-20-8-5-17(6-9-20)22(27)25-19-7-10-21-18(11-19)13-24-26-21/h1-11,13H,14H2,(H,24,26)(H,25,27). The van der Waals surface area contributed by atoms with Crippen LogP contribution in [0.15, 0.2) is 72.9 Å². The van der Waals surface area contributed by atoms with Crippen molar-refractivity contribution in [3.05, 3.63) is 89.6 Å². The highest BCUT2D eigenvalue weighted by Crippen LogP contribution is 2.19. The summed E-state index contributed by atoms with van der Waals surface area (Å²) in [6.07, 6.45) is 1.71. The molecule has 0 spiro atoms. The summed E-state index contributed by atoms with van der Waals surface area (Å²) in [5.74, 6) is 0.474. The number of anilines is 1. The number of carbonyl (C=O) groups excluding carboxylic acids is 1. The average molecular weight is 368 g/mol. The number of H-pyrrole nitrogens is 1. The molecule has 0 saturated heterocycles. The van der Waals surface area contributed by atoms with E-state index in [0.717, 1.165) is 16.5 Å². The average Bonchev–Trinajstić information content (AvgIpc) is 3.21. The number of carbonyl (C=O) groups is 1. The fourth-order valence-electron chi connectivity index (χ4n) is 2.77. The number of amides is 1. The van der Waals surface area contributed by atoms with Crippen molar-refractivity contribution in [2.75, 3.05) is 5.32 Å². The Morgan fingerprint density at radius 2 is 1.86 bits per heavy atom. The molecule has 0 saturated carbocycles. The molecule has 4 rings (SSSR count). The number of nitrogens with zero attached hydrogens (tertiary/aromatic N) is 2. The Kier molecular flexibility index (Phi) is 4.72. The van der Waals surface area contributed by atoms with Gasteiger partial charge in [-0.15, -0.1) is 0 Å². The van der Waals surface area contributed by atoms with Crippen LogP contribution in [0, 0.1) is 11.3 Å². The molecule has 0 aliphatic rings. The number of fused-ring (bicyclic) bond motifs is 1. The SMILES string of the molecule is N#Cc1ccc(COc2ccc(C(=O)Nc3ccc4[nH]ncc4c3)cc2)cc1. The number of hydrogen-bond donors (Lipinski definition) is 2. The maximum absolute atomic E-state index is 12.4. The van der Waals surface area contributed by atoms with Crippen LogP contribution in [0.2, 0.25) is 0 Å². The van der Waals surface area contributed by atoms with Gasteiger partial charge in [-0.3, -0.25) is 9.89 Å². The first-order valence-electron chi connectivity index (χ1n) is 8.68. The predicted molar refractivity (Wildman–Crippen MR) is 106 cm³/mol. The molecular formula is C22H16N4O2. The minimum absolute atomic E-state index is 0.193. The molecule has 0 bridgehead atoms. The lowest BCUT2D eigenvalue weighted by Crippen LogP contribution is -2.11. The van der Waals surface area contributed by atoms with E-state index in [1.807, 2.05) is 30.3 Å². The highest BCUT2D eigenvalue weighted by atomic mass is 16.5. The molecule has 0 radical (unpaired) electrons. The molecule has 1 amide bonds. The molecule has 6 nitrogen and oxygen atoms in total. The lowest BCUT2D eigenvalue weighted by molar-refractivity contribution is 0.102. The quantitative estimate of drug-likeness (QED) is 0.550. The van der Waals surface area contributed by atoms with E-state index < -0.39 is 0 Å². The molecule has 0 unspecified atom stereocenters. The van der Waals surface area contributed by atoms with E-state index in [1.165, 1.54) is 0 Å². The van der Waals surface area contributed by atoms with Gasteiger partial charge in [0, 0.05) is 16.6 Å². The van der Waals surface area contributed by atoms with Crippen molar-refractivity contribution in [2.45, 2.75) is 6.61 Å². The summed E-state index contributed by atoms with van der Waals surface area (Å²) in [5, 5.41) is 19.5. The van der Waals surface area contributed by atoms with Crippen LogP contribution in [0.5, 0.6) is 5.75 Å². The van der Waals surface area contributed by atoms with Crippen LogP contribution in [0.4, 0.5) is 5.69 Å². The van der Waals surface area contributed by atoms with Crippen molar-refractivity contribution in [1.29, 1.82) is 5.26 Å². The molecular weight excluding hydrogens is 352 g/mol. The van der Waals surface area contributed by atoms with Crippen LogP contribution in [-0.2, 0) is 6.61 Å². The lowest BCUT2D eigenvalue weighted by atomic mass is 10.1. The zero-order valence-electron chi connectivity index (χ0n) is 14.8. The van der Waals surface area contributed by atoms with Gasteiger partial charge < -0.3 is 10.1 Å². The van der Waals surface area contributed by atoms with Gasteiger partial charge in [-0.25, -0.2) is 0 Å². The second-order valence-corrected chi connectivity index (χ2v) is 6.25. The number of nitrogens with one attached hydrogen (secondary N) is 2. The predicted octanol–water partition coefficient (Wildman–Crippen LogP) is 4.27. The van der Waals surface area contributed by atoms with Gasteiger partial charge >= 0.3 is 0 Å². The topological polar surface area (TPSA) is 90.8 Å². The number of aromatic nitrogens is 2. The first-order valence-corrected chi connectivity index (χ1v) is 8.68. The Morgan fingerprint density at radius 1 is 1.07 bits per heavy atom. The highest BCUT2D eigenvalue weighted by molar-refractivity contribution is 6.05. The van der Waals surface area contributed by atoms with Crippen LogP contribution >= 0.6 is 0 Å². The first kappa shape index (κ1) is 17.3. The number of aromatic amines is 1. The molecule has 1 aromatic heterocycles. The monoisotopic (exact) mass is 368 g/mol. The summed E-state index contributed by atoms with van der Waals surface area (Å²) >= 11 is 0. The fourth-order valence-corrected chi connectivity index (χ4v) is 2.77. The molecule has 136 valence electrons. The van der Waals surface area contributed by atoms with Crippen LogP contribution in [-0.4, -0.2) is 16.1 Å². The number of nitriles is 1. The number of hydrogen-bond acceptors (Lipinski definition) is 4. The third kappa shape index (κ3) is 3.84. The fraction of sp³-hybridized carbons (Fsp3) is 0.0455. The summed E-state index contributed by atoms with van der Waals surface area (Å²) in [5.41, 5.74) is 3.75. The van der Waals surface area contributed by atoms with Crippen LogP contribution in [0.3, 0.4) is 0 Å². The van der Waals surface area contributed by atoms with Gasteiger partial charge in [-0.1, -0.05) is 12.1 Å². The molecule has 28 heavy (non-hydrogen) atoms. The van der Waals surface area contributed by atoms with E-state index in [4.69, 9.17) is 10.00 Å². The first-order chi connectivity index (χ1) is 13.7. The van der Waals surface area contributed by atoms with Crippen molar-refractivity contribution in [3.8, 4) is 11.8 Å². The van der Waals surface area contributed by atoms with Gasteiger partial charge in [0.25, 0.3) is 5.91 Å². The second kappa shape index (κ2) is 7.64. The van der Waals surface area contributed by atoms with E-state index in [9.17, 15) is 4.79 Å². The Balaban J connectivity index is 1.37. The molecule has 0 fully saturated rings. The van der Waals surface area contributed by atoms with Crippen LogP contribution in [0.25, 0.3) is 10.9 Å². The Labute approximate surface area is 161 Å². The van der Waals surface area contributed by atoms with Gasteiger partial charge in [-0.2, -0.15) is 10.4 Å². The number of ether oxygens (including phenoxy) is 1. The summed E-state index contributed by atoms with van der Waals surface area (Å²) in [7, 11) is 0. The zero-order valence-corrected chi connectivity index (χ0v) is 14.8. The third-order valence-electron chi connectivity index (χ3n) is 4.30. The van der Waals surface area contributed by atoms with E-state index in [0.29, 0.717) is 29.2 Å². The summed E-state index contributed by atoms with van der Waals surface area (Å²) in [6, 6.07) is 21.9. The molecule has 2 N–H and O–H groups in total. The Hall–Kier alpha value is -4.11. The van der Waals surface area contributed by atoms with Gasteiger partial charge in [0.05, 0.1) is 23.3 Å². The van der Waals surface area contributed by atoms with Gasteiger partial charge in [0.15, 0.2) is 0 Å². The smallest absolute Gasteiger partial charge is 0.255 e. The van der Waals surface area contributed by atoms with Crippen molar-refractivity contribution in [2.24, 2.45) is 0 Å². The summed E-state index contributed by atoms with van der Waals surface area (Å²) in [6.45, 7) is 0.391. The van der Waals surface area contributed by atoms with Crippen molar-refractivity contribution < 1.29 is 9.53 Å². The lowest BCUT2D eigenvalue weighted by Gasteiger charge is -2.08. The van der Waals surface area contributed by atoms with Gasteiger partial charge in [-0.05, 0) is 60.2 Å². The molecule has 1 heterocycles. The minimum atomic E-state index is -0.193. The normalized spacial score (nSPS) is 10.4. The molecule has 0 aliphatic carbocycles. The van der Waals surface area contributed by atoms with Crippen molar-refractivity contribution >= 4 is 22.5 Å². The highest BCUT2D eigenvalue weighted by Gasteiger charge is 2.07. The second-order valence-electron chi connectivity index (χ2n) is 6.25. The molecule has 0 atom stereocenters. The molecule has 6 heteroatoms. The van der Waals surface area contributed by atoms with Gasteiger partial charge in [0.2, 0.25) is 0 Å². The van der Waals surface area contributed by atoms with Crippen molar-refractivity contribution in [3.63, 3.8) is 0 Å². The summed E-state index contributed by atoms with van der Waals surface area (Å²) in [4.78, 5) is 12.4. The maximum atomic E-state index is 12.4. The van der Waals surface area contributed by atoms with E-state index in [2.05, 4.69) is 21.6 Å².